The molecule has 24 heavy (non-hydrogen) atoms. The normalized spacial score (nSPS) is 10.7. The van der Waals surface area contributed by atoms with Gasteiger partial charge in [-0.15, -0.1) is 0 Å². The van der Waals surface area contributed by atoms with E-state index in [1.54, 1.807) is 0 Å². The second-order valence-corrected chi connectivity index (χ2v) is 6.54. The number of carbonyl (C=O) groups excluding carboxylic acids is 2. The van der Waals surface area contributed by atoms with Gasteiger partial charge in [0.1, 0.15) is 0 Å². The molecular formula is C19H38N2O3. The highest BCUT2D eigenvalue weighted by molar-refractivity contribution is 5.73. The van der Waals surface area contributed by atoms with Crippen LogP contribution in [0.3, 0.4) is 0 Å². The molecule has 142 valence electrons. The van der Waals surface area contributed by atoms with Crippen molar-refractivity contribution >= 4 is 11.9 Å². The first-order chi connectivity index (χ1) is 11.7. The van der Waals surface area contributed by atoms with E-state index in [-0.39, 0.29) is 11.9 Å². The minimum Gasteiger partial charge on any atom is -0.469 e. The molecule has 5 heteroatoms. The lowest BCUT2D eigenvalue weighted by atomic mass is 10.1. The van der Waals surface area contributed by atoms with Crippen LogP contribution in [0, 0.1) is 0 Å². The zero-order valence-corrected chi connectivity index (χ0v) is 15.6. The van der Waals surface area contributed by atoms with E-state index in [9.17, 15) is 9.59 Å². The molecule has 0 aromatic carbocycles. The van der Waals surface area contributed by atoms with Gasteiger partial charge in [0.05, 0.1) is 7.11 Å². The molecule has 0 saturated carbocycles. The largest absolute Gasteiger partial charge is 0.469 e. The molecule has 0 aliphatic carbocycles. The molecule has 0 saturated heterocycles. The van der Waals surface area contributed by atoms with Crippen molar-refractivity contribution in [3.05, 3.63) is 0 Å². The summed E-state index contributed by atoms with van der Waals surface area (Å²) >= 11 is 0. The molecule has 0 atom stereocenters. The van der Waals surface area contributed by atoms with Gasteiger partial charge in [-0.05, 0) is 38.8 Å². The van der Waals surface area contributed by atoms with Crippen LogP contribution in [0.15, 0.2) is 0 Å². The Hall–Kier alpha value is -1.10. The summed E-state index contributed by atoms with van der Waals surface area (Å²) in [6.07, 6.45) is 15.2. The zero-order valence-electron chi connectivity index (χ0n) is 15.6. The molecule has 0 aromatic rings. The first-order valence-electron chi connectivity index (χ1n) is 9.72. The molecule has 0 heterocycles. The number of esters is 1. The van der Waals surface area contributed by atoms with E-state index in [2.05, 4.69) is 10.1 Å². The fourth-order valence-electron chi connectivity index (χ4n) is 2.71. The van der Waals surface area contributed by atoms with Crippen LogP contribution >= 0.6 is 0 Å². The number of primary amides is 1. The number of hydrogen-bond acceptors (Lipinski definition) is 4. The summed E-state index contributed by atoms with van der Waals surface area (Å²) in [5.41, 5.74) is 5.11. The summed E-state index contributed by atoms with van der Waals surface area (Å²) in [5.74, 6) is -0.273. The maximum atomic E-state index is 10.9. The van der Waals surface area contributed by atoms with Crippen LogP contribution in [0.1, 0.15) is 89.9 Å². The van der Waals surface area contributed by atoms with Gasteiger partial charge in [0.25, 0.3) is 0 Å². The third-order valence-electron chi connectivity index (χ3n) is 4.24. The van der Waals surface area contributed by atoms with Crippen molar-refractivity contribution in [2.45, 2.75) is 89.9 Å². The Morgan fingerprint density at radius 3 is 1.58 bits per heavy atom. The molecule has 0 unspecified atom stereocenters. The van der Waals surface area contributed by atoms with Crippen LogP contribution in [-0.2, 0) is 14.3 Å². The fraction of sp³-hybridized carbons (Fsp3) is 0.895. The van der Waals surface area contributed by atoms with Crippen molar-refractivity contribution in [3.8, 4) is 0 Å². The number of hydrogen-bond donors (Lipinski definition) is 2. The summed E-state index contributed by atoms with van der Waals surface area (Å²) in [7, 11) is 1.45. The number of nitrogens with one attached hydrogen (secondary N) is 1. The third-order valence-corrected chi connectivity index (χ3v) is 4.24. The van der Waals surface area contributed by atoms with E-state index < -0.39 is 0 Å². The van der Waals surface area contributed by atoms with Crippen LogP contribution in [0.25, 0.3) is 0 Å². The van der Waals surface area contributed by atoms with E-state index in [1.165, 1.54) is 58.5 Å². The van der Waals surface area contributed by atoms with Crippen molar-refractivity contribution < 1.29 is 14.3 Å². The highest BCUT2D eigenvalue weighted by Gasteiger charge is 1.99. The lowest BCUT2D eigenvalue weighted by molar-refractivity contribution is -0.140. The number of amides is 1. The molecule has 5 nitrogen and oxygen atoms in total. The van der Waals surface area contributed by atoms with Gasteiger partial charge in [0.2, 0.25) is 5.91 Å². The summed E-state index contributed by atoms with van der Waals surface area (Å²) in [5, 5.41) is 3.50. The van der Waals surface area contributed by atoms with Gasteiger partial charge in [-0.3, -0.25) is 9.59 Å². The van der Waals surface area contributed by atoms with E-state index in [1.807, 2.05) is 0 Å². The summed E-state index contributed by atoms with van der Waals surface area (Å²) in [4.78, 5) is 21.5. The van der Waals surface area contributed by atoms with E-state index in [0.717, 1.165) is 38.8 Å². The zero-order chi connectivity index (χ0) is 17.9. The highest BCUT2D eigenvalue weighted by atomic mass is 16.5. The molecule has 3 N–H and O–H groups in total. The smallest absolute Gasteiger partial charge is 0.305 e. The lowest BCUT2D eigenvalue weighted by Gasteiger charge is -2.05. The standard InChI is InChI=1S/C19H38N2O3/c1-24-19(23)15-11-7-3-5-9-13-17-21-16-12-8-4-2-6-10-14-18(20)22/h21H,2-17H2,1H3,(H2,20,22). The molecule has 0 aliphatic heterocycles. The van der Waals surface area contributed by atoms with Crippen molar-refractivity contribution in [1.82, 2.24) is 5.32 Å². The van der Waals surface area contributed by atoms with Crippen LogP contribution < -0.4 is 11.1 Å². The van der Waals surface area contributed by atoms with Crippen LogP contribution in [0.2, 0.25) is 0 Å². The molecule has 0 fully saturated rings. The molecular weight excluding hydrogens is 304 g/mol. The predicted molar refractivity (Wildman–Crippen MR) is 98.7 cm³/mol. The average molecular weight is 343 g/mol. The molecule has 0 aliphatic rings. The van der Waals surface area contributed by atoms with Crippen molar-refractivity contribution in [2.75, 3.05) is 20.2 Å². The predicted octanol–water partition coefficient (Wildman–Crippen LogP) is 3.70. The number of carbonyl (C=O) groups is 2. The number of ether oxygens (including phenoxy) is 1. The van der Waals surface area contributed by atoms with E-state index in [4.69, 9.17) is 5.73 Å². The van der Waals surface area contributed by atoms with E-state index in [0.29, 0.717) is 12.8 Å². The van der Waals surface area contributed by atoms with Crippen LogP contribution in [0.5, 0.6) is 0 Å². The second kappa shape index (κ2) is 18.2. The minimum atomic E-state index is -0.180. The topological polar surface area (TPSA) is 81.4 Å². The number of unbranched alkanes of at least 4 members (excludes halogenated alkanes) is 10. The highest BCUT2D eigenvalue weighted by Crippen LogP contribution is 2.08. The van der Waals surface area contributed by atoms with Gasteiger partial charge in [0, 0.05) is 12.8 Å². The Kier molecular flexibility index (Phi) is 17.4. The van der Waals surface area contributed by atoms with Crippen LogP contribution in [0.4, 0.5) is 0 Å². The Balaban J connectivity index is 3.03. The van der Waals surface area contributed by atoms with Gasteiger partial charge >= 0.3 is 5.97 Å². The maximum absolute atomic E-state index is 10.9. The number of rotatable bonds is 18. The van der Waals surface area contributed by atoms with Gasteiger partial charge < -0.3 is 15.8 Å². The van der Waals surface area contributed by atoms with Crippen molar-refractivity contribution in [1.29, 1.82) is 0 Å². The molecule has 0 aromatic heterocycles. The number of methoxy groups -OCH3 is 1. The molecule has 1 amide bonds. The third kappa shape index (κ3) is 18.9. The minimum absolute atomic E-state index is 0.0927. The first-order valence-corrected chi connectivity index (χ1v) is 9.72. The molecule has 0 spiro atoms. The van der Waals surface area contributed by atoms with Crippen molar-refractivity contribution in [3.63, 3.8) is 0 Å². The average Bonchev–Trinajstić information content (AvgIpc) is 2.57. The Morgan fingerprint density at radius 2 is 1.12 bits per heavy atom. The molecule has 0 bridgehead atoms. The summed E-state index contributed by atoms with van der Waals surface area (Å²) < 4.78 is 4.62. The van der Waals surface area contributed by atoms with Gasteiger partial charge in [-0.2, -0.15) is 0 Å². The van der Waals surface area contributed by atoms with Gasteiger partial charge in [-0.25, -0.2) is 0 Å². The quantitative estimate of drug-likeness (QED) is 0.294. The molecule has 0 radical (unpaired) electrons. The Morgan fingerprint density at radius 1 is 0.708 bits per heavy atom. The first kappa shape index (κ1) is 22.9. The van der Waals surface area contributed by atoms with Crippen LogP contribution in [-0.4, -0.2) is 32.1 Å². The SMILES string of the molecule is COC(=O)CCCCCCCCNCCCCCCCCC(N)=O. The van der Waals surface area contributed by atoms with Crippen molar-refractivity contribution in [2.24, 2.45) is 5.73 Å². The fourth-order valence-corrected chi connectivity index (χ4v) is 2.71. The van der Waals surface area contributed by atoms with Gasteiger partial charge in [-0.1, -0.05) is 51.4 Å². The Bertz CT molecular complexity index is 309. The number of nitrogens with two attached hydrogens (primary N) is 1. The Labute approximate surface area is 148 Å². The maximum Gasteiger partial charge on any atom is 0.305 e. The lowest BCUT2D eigenvalue weighted by Crippen LogP contribution is -2.16. The summed E-state index contributed by atoms with van der Waals surface area (Å²) in [6, 6.07) is 0. The van der Waals surface area contributed by atoms with E-state index >= 15 is 0 Å². The monoisotopic (exact) mass is 342 g/mol. The van der Waals surface area contributed by atoms with Gasteiger partial charge in [0.15, 0.2) is 0 Å². The molecule has 0 rings (SSSR count). The second-order valence-electron chi connectivity index (χ2n) is 6.54. The summed E-state index contributed by atoms with van der Waals surface area (Å²) in [6.45, 7) is 2.22.